The second-order valence-electron chi connectivity index (χ2n) is 1.37. The van der Waals surface area contributed by atoms with Crippen LogP contribution in [0.2, 0.25) is 0 Å². The van der Waals surface area contributed by atoms with Gasteiger partial charge < -0.3 is 0 Å². The van der Waals surface area contributed by atoms with Gasteiger partial charge in [0.05, 0.1) is 0 Å². The van der Waals surface area contributed by atoms with E-state index in [0.29, 0.717) is 0 Å². The Hall–Kier alpha value is -0.310. The molecule has 0 fully saturated rings. The fourth-order valence-electron chi connectivity index (χ4n) is 0.0789. The third kappa shape index (κ3) is 2.39. The molecule has 0 aromatic heterocycles. The highest BCUT2D eigenvalue weighted by Crippen LogP contribution is 1.79. The molecule has 0 spiro atoms. The predicted octanol–water partition coefficient (Wildman–Crippen LogP) is -0.488. The van der Waals surface area contributed by atoms with E-state index in [1.165, 1.54) is 0 Å². The zero-order valence-corrected chi connectivity index (χ0v) is 5.37. The Labute approximate surface area is 48.7 Å². The van der Waals surface area contributed by atoms with Gasteiger partial charge in [0.25, 0.3) is 0 Å². The van der Waals surface area contributed by atoms with Gasteiger partial charge in [-0.2, -0.15) is 0 Å². The molecule has 0 atom stereocenters. The van der Waals surface area contributed by atoms with Crippen molar-refractivity contribution in [2.45, 2.75) is 13.8 Å². The highest BCUT2D eigenvalue weighted by molar-refractivity contribution is 7.79. The van der Waals surface area contributed by atoms with Crippen molar-refractivity contribution >= 4 is 24.2 Å². The van der Waals surface area contributed by atoms with Crippen molar-refractivity contribution in [3.05, 3.63) is 0 Å². The minimum absolute atomic E-state index is 0.718. The minimum atomic E-state index is 0.718. The normalized spacial score (nSPS) is 11.6. The maximum absolute atomic E-state index is 5.28. The van der Waals surface area contributed by atoms with Crippen LogP contribution in [0.15, 0.2) is 4.40 Å². The summed E-state index contributed by atoms with van der Waals surface area (Å²) in [5, 5.41) is 5.28. The van der Waals surface area contributed by atoms with E-state index >= 15 is 0 Å². The van der Waals surface area contributed by atoms with Crippen molar-refractivity contribution in [2.24, 2.45) is 4.40 Å². The molecule has 2 N–H and O–H groups in total. The molecule has 0 saturated carbocycles. The SMILES string of the molecule is CC(=[NH2+])C(C)=NS. The summed E-state index contributed by atoms with van der Waals surface area (Å²) in [7, 11) is 0. The summed E-state index contributed by atoms with van der Waals surface area (Å²) < 4.78 is 3.54. The van der Waals surface area contributed by atoms with Gasteiger partial charge in [0, 0.05) is 6.92 Å². The van der Waals surface area contributed by atoms with Gasteiger partial charge in [-0.15, -0.1) is 0 Å². The predicted molar refractivity (Wildman–Crippen MR) is 34.7 cm³/mol. The van der Waals surface area contributed by atoms with Crippen molar-refractivity contribution in [1.29, 1.82) is 0 Å². The Bertz CT molecular complexity index is 106. The molecular weight excluding hydrogens is 108 g/mol. The molecule has 0 aliphatic rings. The lowest BCUT2D eigenvalue weighted by atomic mass is 10.3. The maximum Gasteiger partial charge on any atom is 0.191 e. The lowest BCUT2D eigenvalue weighted by molar-refractivity contribution is -0.111. The molecule has 0 amide bonds. The van der Waals surface area contributed by atoms with Gasteiger partial charge in [0.2, 0.25) is 0 Å². The molecule has 3 heteroatoms. The maximum atomic E-state index is 5.28. The van der Waals surface area contributed by atoms with Crippen LogP contribution in [0.4, 0.5) is 0 Å². The lowest BCUT2D eigenvalue weighted by Crippen LogP contribution is -2.41. The molecular formula is C4H9N2S+. The summed E-state index contributed by atoms with van der Waals surface area (Å²) in [6.45, 7) is 3.59. The Morgan fingerprint density at radius 3 is 2.00 bits per heavy atom. The zero-order chi connectivity index (χ0) is 5.86. The summed E-state index contributed by atoms with van der Waals surface area (Å²) in [6.07, 6.45) is 0. The molecule has 40 valence electrons. The van der Waals surface area contributed by atoms with E-state index in [1.54, 1.807) is 6.92 Å². The molecule has 0 radical (unpaired) electrons. The van der Waals surface area contributed by atoms with Crippen molar-refractivity contribution in [1.82, 2.24) is 0 Å². The van der Waals surface area contributed by atoms with Crippen LogP contribution in [0.3, 0.4) is 0 Å². The quantitative estimate of drug-likeness (QED) is 0.344. The van der Waals surface area contributed by atoms with Gasteiger partial charge in [-0.05, 0) is 19.7 Å². The van der Waals surface area contributed by atoms with Gasteiger partial charge in [-0.1, -0.05) is 0 Å². The van der Waals surface area contributed by atoms with Crippen molar-refractivity contribution < 1.29 is 5.41 Å². The largest absolute Gasteiger partial charge is 0.257 e. The van der Waals surface area contributed by atoms with Crippen LogP contribution in [-0.2, 0) is 0 Å². The Balaban J connectivity index is 3.82. The molecule has 0 unspecified atom stereocenters. The number of hydrogen-bond acceptors (Lipinski definition) is 2. The van der Waals surface area contributed by atoms with Crippen molar-refractivity contribution in [2.75, 3.05) is 0 Å². The van der Waals surface area contributed by atoms with E-state index in [-0.39, 0.29) is 0 Å². The average Bonchev–Trinajstić information content (AvgIpc) is 1.65. The second kappa shape index (κ2) is 2.80. The highest BCUT2D eigenvalue weighted by Gasteiger charge is 1.94. The van der Waals surface area contributed by atoms with Gasteiger partial charge in [-0.3, -0.25) is 5.41 Å². The van der Waals surface area contributed by atoms with Gasteiger partial charge in [0.15, 0.2) is 5.71 Å². The Morgan fingerprint density at radius 2 is 2.00 bits per heavy atom. The number of nitrogens with zero attached hydrogens (tertiary/aromatic N) is 1. The molecule has 0 aliphatic heterocycles. The summed E-state index contributed by atoms with van der Waals surface area (Å²) >= 11 is 3.64. The first kappa shape index (κ1) is 6.69. The van der Waals surface area contributed by atoms with Crippen LogP contribution in [-0.4, -0.2) is 11.4 Å². The molecule has 0 aromatic rings. The van der Waals surface area contributed by atoms with E-state index in [0.717, 1.165) is 11.4 Å². The van der Waals surface area contributed by atoms with Crippen LogP contribution in [0.1, 0.15) is 13.8 Å². The van der Waals surface area contributed by atoms with E-state index in [2.05, 4.69) is 17.2 Å². The zero-order valence-electron chi connectivity index (χ0n) is 4.47. The molecule has 0 heterocycles. The summed E-state index contributed by atoms with van der Waals surface area (Å²) in [5.41, 5.74) is 1.50. The van der Waals surface area contributed by atoms with Crippen molar-refractivity contribution in [3.8, 4) is 0 Å². The third-order valence-corrected chi connectivity index (χ3v) is 1.02. The van der Waals surface area contributed by atoms with Gasteiger partial charge in [0.1, 0.15) is 5.71 Å². The molecule has 0 aliphatic carbocycles. The molecule has 0 rings (SSSR count). The number of nitrogens with two attached hydrogens (primary N) is 1. The topological polar surface area (TPSA) is 38.0 Å². The summed E-state index contributed by atoms with van der Waals surface area (Å²) in [5.74, 6) is 0. The molecule has 0 bridgehead atoms. The van der Waals surface area contributed by atoms with E-state index < -0.39 is 0 Å². The number of hydrogen-bond donors (Lipinski definition) is 2. The van der Waals surface area contributed by atoms with Crippen LogP contribution in [0.5, 0.6) is 0 Å². The van der Waals surface area contributed by atoms with E-state index in [9.17, 15) is 0 Å². The van der Waals surface area contributed by atoms with Crippen LogP contribution in [0, 0.1) is 0 Å². The van der Waals surface area contributed by atoms with Crippen LogP contribution in [0.25, 0.3) is 0 Å². The van der Waals surface area contributed by atoms with Crippen molar-refractivity contribution in [3.63, 3.8) is 0 Å². The van der Waals surface area contributed by atoms with E-state index in [4.69, 9.17) is 5.41 Å². The Kier molecular flexibility index (Phi) is 2.67. The third-order valence-electron chi connectivity index (χ3n) is 0.721. The standard InChI is InChI=1S/C4H8N2S/c1-3(5)4(2)6-7/h5,7H,1-2H3/p+1. The lowest BCUT2D eigenvalue weighted by Gasteiger charge is -1.81. The molecule has 2 nitrogen and oxygen atoms in total. The van der Waals surface area contributed by atoms with Gasteiger partial charge >= 0.3 is 0 Å². The summed E-state index contributed by atoms with van der Waals surface area (Å²) in [4.78, 5) is 0. The van der Waals surface area contributed by atoms with E-state index in [1.807, 2.05) is 6.92 Å². The first-order valence-electron chi connectivity index (χ1n) is 1.96. The van der Waals surface area contributed by atoms with Gasteiger partial charge in [-0.25, -0.2) is 4.40 Å². The average molecular weight is 117 g/mol. The minimum Gasteiger partial charge on any atom is -0.257 e. The fourth-order valence-corrected chi connectivity index (χ4v) is 0.237. The first-order valence-corrected chi connectivity index (χ1v) is 2.36. The molecule has 7 heavy (non-hydrogen) atoms. The second-order valence-corrected chi connectivity index (χ2v) is 1.57. The molecule has 0 saturated heterocycles. The molecule has 0 aromatic carbocycles. The highest BCUT2D eigenvalue weighted by atomic mass is 32.1. The smallest absolute Gasteiger partial charge is 0.191 e. The number of rotatable bonds is 1. The monoisotopic (exact) mass is 117 g/mol. The fraction of sp³-hybridized carbons (Fsp3) is 0.500. The first-order chi connectivity index (χ1) is 3.18. The summed E-state index contributed by atoms with van der Waals surface area (Å²) in [6, 6.07) is 0. The Morgan fingerprint density at radius 1 is 1.57 bits per heavy atom. The van der Waals surface area contributed by atoms with Crippen LogP contribution < -0.4 is 5.41 Å². The number of thiol groups is 1. The van der Waals surface area contributed by atoms with Crippen LogP contribution >= 0.6 is 12.8 Å².